The molecule has 1 N–H and O–H groups in total. The predicted molar refractivity (Wildman–Crippen MR) is 76.7 cm³/mol. The largest absolute Gasteiger partial charge is 0.380 e. The summed E-state index contributed by atoms with van der Waals surface area (Å²) >= 11 is 5.88. The zero-order valence-electron chi connectivity index (χ0n) is 11.5. The second kappa shape index (κ2) is 8.88. The Morgan fingerprint density at radius 3 is 2.84 bits per heavy atom. The topological polar surface area (TPSA) is 51.2 Å². The molecular weight excluding hydrogens is 264 g/mol. The van der Waals surface area contributed by atoms with Gasteiger partial charge in [0, 0.05) is 24.4 Å². The molecule has 19 heavy (non-hydrogen) atoms. The van der Waals surface area contributed by atoms with Crippen LogP contribution in [0.1, 0.15) is 42.7 Å². The van der Waals surface area contributed by atoms with E-state index in [4.69, 9.17) is 16.3 Å². The fraction of sp³-hybridized carbons (Fsp3) is 0.571. The molecular formula is C14H21ClN2O2. The van der Waals surface area contributed by atoms with Crippen LogP contribution in [0.15, 0.2) is 12.1 Å². The summed E-state index contributed by atoms with van der Waals surface area (Å²) in [5.74, 6) is -0.141. The smallest absolute Gasteiger partial charge is 0.251 e. The maximum atomic E-state index is 11.9. The standard InChI is InChI=1S/C14H21ClN2O2/c1-3-5-7-19-8-6-16-14(18)11-9-12(4-2)17-13(15)10-11/h9-10H,3-8H2,1-2H3,(H,16,18). The van der Waals surface area contributed by atoms with E-state index in [9.17, 15) is 4.79 Å². The lowest BCUT2D eigenvalue weighted by Gasteiger charge is -2.07. The van der Waals surface area contributed by atoms with Crippen LogP contribution in [0.25, 0.3) is 0 Å². The number of unbranched alkanes of at least 4 members (excludes halogenated alkanes) is 1. The molecule has 0 aliphatic heterocycles. The van der Waals surface area contributed by atoms with Gasteiger partial charge in [-0.15, -0.1) is 0 Å². The second-order valence-corrected chi connectivity index (χ2v) is 4.63. The van der Waals surface area contributed by atoms with Crippen molar-refractivity contribution in [2.24, 2.45) is 0 Å². The Morgan fingerprint density at radius 1 is 1.37 bits per heavy atom. The molecule has 0 unspecified atom stereocenters. The van der Waals surface area contributed by atoms with Crippen molar-refractivity contribution in [3.8, 4) is 0 Å². The number of aryl methyl sites for hydroxylation is 1. The van der Waals surface area contributed by atoms with Crippen molar-refractivity contribution in [3.05, 3.63) is 28.5 Å². The van der Waals surface area contributed by atoms with Gasteiger partial charge >= 0.3 is 0 Å². The van der Waals surface area contributed by atoms with E-state index >= 15 is 0 Å². The van der Waals surface area contributed by atoms with E-state index in [1.165, 1.54) is 0 Å². The third-order valence-corrected chi connectivity index (χ3v) is 2.84. The van der Waals surface area contributed by atoms with Crippen LogP contribution in [0.5, 0.6) is 0 Å². The number of nitrogens with zero attached hydrogens (tertiary/aromatic N) is 1. The minimum absolute atomic E-state index is 0.141. The molecule has 0 aromatic carbocycles. The van der Waals surface area contributed by atoms with E-state index < -0.39 is 0 Å². The van der Waals surface area contributed by atoms with Crippen LogP contribution in [-0.2, 0) is 11.2 Å². The van der Waals surface area contributed by atoms with Crippen molar-refractivity contribution in [2.45, 2.75) is 33.1 Å². The van der Waals surface area contributed by atoms with Gasteiger partial charge in [0.2, 0.25) is 0 Å². The average molecular weight is 285 g/mol. The number of carbonyl (C=O) groups excluding carboxylic acids is 1. The summed E-state index contributed by atoms with van der Waals surface area (Å²) in [6.45, 7) is 5.87. The van der Waals surface area contributed by atoms with Crippen molar-refractivity contribution in [3.63, 3.8) is 0 Å². The molecule has 0 aliphatic rings. The van der Waals surface area contributed by atoms with Gasteiger partial charge in [-0.1, -0.05) is 31.9 Å². The van der Waals surface area contributed by atoms with E-state index in [0.717, 1.165) is 31.6 Å². The number of pyridine rings is 1. The Hall–Kier alpha value is -1.13. The number of rotatable bonds is 8. The molecule has 1 aromatic rings. The number of halogens is 1. The Kier molecular flexibility index (Phi) is 7.45. The molecule has 1 amide bonds. The first kappa shape index (κ1) is 15.9. The number of nitrogens with one attached hydrogen (secondary N) is 1. The summed E-state index contributed by atoms with van der Waals surface area (Å²) in [5, 5.41) is 3.15. The summed E-state index contributed by atoms with van der Waals surface area (Å²) in [7, 11) is 0. The number of hydrogen-bond acceptors (Lipinski definition) is 3. The highest BCUT2D eigenvalue weighted by Crippen LogP contribution is 2.11. The average Bonchev–Trinajstić information content (AvgIpc) is 2.41. The SMILES string of the molecule is CCCCOCCNC(=O)c1cc(Cl)nc(CC)c1. The molecule has 1 rings (SSSR count). The molecule has 0 fully saturated rings. The molecule has 0 bridgehead atoms. The monoisotopic (exact) mass is 284 g/mol. The zero-order valence-corrected chi connectivity index (χ0v) is 12.3. The summed E-state index contributed by atoms with van der Waals surface area (Å²) in [4.78, 5) is 16.0. The van der Waals surface area contributed by atoms with Gasteiger partial charge in [-0.2, -0.15) is 0 Å². The third kappa shape index (κ3) is 6.03. The van der Waals surface area contributed by atoms with Crippen LogP contribution in [0.4, 0.5) is 0 Å². The molecule has 5 heteroatoms. The van der Waals surface area contributed by atoms with Crippen molar-refractivity contribution >= 4 is 17.5 Å². The number of aromatic nitrogens is 1. The van der Waals surface area contributed by atoms with Gasteiger partial charge in [0.05, 0.1) is 6.61 Å². The van der Waals surface area contributed by atoms with Crippen LogP contribution in [0, 0.1) is 0 Å². The van der Waals surface area contributed by atoms with Crippen LogP contribution in [0.3, 0.4) is 0 Å². The van der Waals surface area contributed by atoms with E-state index in [1.54, 1.807) is 12.1 Å². The van der Waals surface area contributed by atoms with E-state index in [-0.39, 0.29) is 5.91 Å². The van der Waals surface area contributed by atoms with Gasteiger partial charge in [-0.05, 0) is 25.0 Å². The summed E-state index contributed by atoms with van der Waals surface area (Å²) in [6.07, 6.45) is 2.91. The first-order valence-electron chi connectivity index (χ1n) is 6.69. The fourth-order valence-corrected chi connectivity index (χ4v) is 1.78. The number of carbonyl (C=O) groups is 1. The minimum Gasteiger partial charge on any atom is -0.380 e. The normalized spacial score (nSPS) is 10.5. The van der Waals surface area contributed by atoms with Gasteiger partial charge in [-0.3, -0.25) is 4.79 Å². The molecule has 0 saturated carbocycles. The second-order valence-electron chi connectivity index (χ2n) is 4.25. The van der Waals surface area contributed by atoms with Crippen LogP contribution in [-0.4, -0.2) is 30.6 Å². The molecule has 0 radical (unpaired) electrons. The molecule has 1 aromatic heterocycles. The fourth-order valence-electron chi connectivity index (χ4n) is 1.55. The predicted octanol–water partition coefficient (Wildman–Crippen LogP) is 2.84. The van der Waals surface area contributed by atoms with Crippen molar-refractivity contribution < 1.29 is 9.53 Å². The number of hydrogen-bond donors (Lipinski definition) is 1. The maximum absolute atomic E-state index is 11.9. The number of amides is 1. The lowest BCUT2D eigenvalue weighted by Crippen LogP contribution is -2.27. The van der Waals surface area contributed by atoms with Gasteiger partial charge in [0.25, 0.3) is 5.91 Å². The third-order valence-electron chi connectivity index (χ3n) is 2.65. The molecule has 106 valence electrons. The van der Waals surface area contributed by atoms with E-state index in [1.807, 2.05) is 6.92 Å². The van der Waals surface area contributed by atoms with Crippen molar-refractivity contribution in [2.75, 3.05) is 19.8 Å². The molecule has 4 nitrogen and oxygen atoms in total. The van der Waals surface area contributed by atoms with Crippen LogP contribution in [0.2, 0.25) is 5.15 Å². The number of ether oxygens (including phenoxy) is 1. The first-order chi connectivity index (χ1) is 9.17. The van der Waals surface area contributed by atoms with Crippen LogP contribution >= 0.6 is 11.6 Å². The summed E-state index contributed by atoms with van der Waals surface area (Å²) < 4.78 is 5.38. The highest BCUT2D eigenvalue weighted by atomic mass is 35.5. The molecule has 0 saturated heterocycles. The van der Waals surface area contributed by atoms with Crippen molar-refractivity contribution in [1.82, 2.24) is 10.3 Å². The van der Waals surface area contributed by atoms with Crippen molar-refractivity contribution in [1.29, 1.82) is 0 Å². The molecule has 0 spiro atoms. The zero-order chi connectivity index (χ0) is 14.1. The highest BCUT2D eigenvalue weighted by molar-refractivity contribution is 6.29. The maximum Gasteiger partial charge on any atom is 0.251 e. The minimum atomic E-state index is -0.141. The summed E-state index contributed by atoms with van der Waals surface area (Å²) in [5.41, 5.74) is 1.36. The molecule has 0 atom stereocenters. The molecule has 0 aliphatic carbocycles. The summed E-state index contributed by atoms with van der Waals surface area (Å²) in [6, 6.07) is 3.34. The lowest BCUT2D eigenvalue weighted by molar-refractivity contribution is 0.0912. The quantitative estimate of drug-likeness (QED) is 0.590. The Morgan fingerprint density at radius 2 is 2.16 bits per heavy atom. The Labute approximate surface area is 119 Å². The van der Waals surface area contributed by atoms with Gasteiger partial charge in [0.1, 0.15) is 5.15 Å². The van der Waals surface area contributed by atoms with Gasteiger partial charge in [0.15, 0.2) is 0 Å². The van der Waals surface area contributed by atoms with Crippen LogP contribution < -0.4 is 5.32 Å². The van der Waals surface area contributed by atoms with E-state index in [2.05, 4.69) is 17.2 Å². The first-order valence-corrected chi connectivity index (χ1v) is 7.07. The van der Waals surface area contributed by atoms with Gasteiger partial charge < -0.3 is 10.1 Å². The lowest BCUT2D eigenvalue weighted by atomic mass is 10.2. The van der Waals surface area contributed by atoms with E-state index in [0.29, 0.717) is 23.9 Å². The Balaban J connectivity index is 2.39. The Bertz CT molecular complexity index is 410. The highest BCUT2D eigenvalue weighted by Gasteiger charge is 2.08. The van der Waals surface area contributed by atoms with Gasteiger partial charge in [-0.25, -0.2) is 4.98 Å². The molecule has 1 heterocycles.